The molecule has 0 saturated heterocycles. The molecular weight excluding hydrogens is 250 g/mol. The van der Waals surface area contributed by atoms with Crippen LogP contribution in [0.3, 0.4) is 0 Å². The van der Waals surface area contributed by atoms with Gasteiger partial charge in [0.05, 0.1) is 7.11 Å². The number of hydrogen-bond acceptors (Lipinski definition) is 4. The van der Waals surface area contributed by atoms with E-state index < -0.39 is 11.2 Å². The fourth-order valence-corrected chi connectivity index (χ4v) is 2.60. The summed E-state index contributed by atoms with van der Waals surface area (Å²) in [5.41, 5.74) is 6.44. The second kappa shape index (κ2) is 7.16. The van der Waals surface area contributed by atoms with Crippen LogP contribution >= 0.6 is 11.8 Å². The molecule has 4 nitrogen and oxygen atoms in total. The number of unbranched alkanes of at least 4 members (excludes halogenated alkanes) is 1. The van der Waals surface area contributed by atoms with Crippen molar-refractivity contribution in [1.82, 2.24) is 0 Å². The van der Waals surface area contributed by atoms with Gasteiger partial charge in [0.25, 0.3) is 0 Å². The molecular formula is C13H19NO3S. The van der Waals surface area contributed by atoms with Crippen LogP contribution in [0.5, 0.6) is 5.75 Å². The van der Waals surface area contributed by atoms with E-state index in [2.05, 4.69) is 0 Å². The number of anilines is 1. The topological polar surface area (TPSA) is 72.5 Å². The number of methoxy groups -OCH3 is 1. The molecule has 100 valence electrons. The number of thioether (sulfide) groups is 1. The van der Waals surface area contributed by atoms with Crippen molar-refractivity contribution in [3.8, 4) is 5.75 Å². The van der Waals surface area contributed by atoms with E-state index in [4.69, 9.17) is 10.5 Å². The molecule has 0 aromatic heterocycles. The van der Waals surface area contributed by atoms with Gasteiger partial charge in [-0.05, 0) is 24.6 Å². The van der Waals surface area contributed by atoms with Gasteiger partial charge in [0.1, 0.15) is 11.0 Å². The molecule has 0 aliphatic carbocycles. The van der Waals surface area contributed by atoms with Crippen LogP contribution in [0.15, 0.2) is 23.1 Å². The molecule has 1 aromatic carbocycles. The lowest BCUT2D eigenvalue weighted by Gasteiger charge is -2.13. The predicted octanol–water partition coefficient (Wildman–Crippen LogP) is 3.01. The van der Waals surface area contributed by atoms with Crippen molar-refractivity contribution < 1.29 is 14.6 Å². The highest BCUT2D eigenvalue weighted by molar-refractivity contribution is 8.00. The molecule has 0 saturated carbocycles. The average Bonchev–Trinajstić information content (AvgIpc) is 2.36. The van der Waals surface area contributed by atoms with Crippen LogP contribution in [0.1, 0.15) is 26.2 Å². The van der Waals surface area contributed by atoms with Gasteiger partial charge in [-0.15, -0.1) is 11.8 Å². The minimum atomic E-state index is -0.796. The number of carbonyl (C=O) groups is 1. The first kappa shape index (κ1) is 14.7. The van der Waals surface area contributed by atoms with Crippen molar-refractivity contribution in [3.63, 3.8) is 0 Å². The average molecular weight is 269 g/mol. The Balaban J connectivity index is 2.82. The number of ether oxygens (including phenoxy) is 1. The third-order valence-electron chi connectivity index (χ3n) is 2.59. The third kappa shape index (κ3) is 4.14. The summed E-state index contributed by atoms with van der Waals surface area (Å²) in [6.07, 6.45) is 2.53. The highest BCUT2D eigenvalue weighted by atomic mass is 32.2. The van der Waals surface area contributed by atoms with E-state index in [-0.39, 0.29) is 0 Å². The Labute approximate surface area is 112 Å². The standard InChI is InChI=1S/C13H19NO3S/c1-3-4-5-11(13(15)16)18-12-8-9(17-2)6-7-10(12)14/h6-8,11H,3-5,14H2,1-2H3,(H,15,16). The smallest absolute Gasteiger partial charge is 0.316 e. The fraction of sp³-hybridized carbons (Fsp3) is 0.462. The van der Waals surface area contributed by atoms with Gasteiger partial charge >= 0.3 is 5.97 Å². The second-order valence-electron chi connectivity index (χ2n) is 3.99. The maximum Gasteiger partial charge on any atom is 0.316 e. The molecule has 0 bridgehead atoms. The first-order valence-corrected chi connectivity index (χ1v) is 6.79. The second-order valence-corrected chi connectivity index (χ2v) is 5.24. The fourth-order valence-electron chi connectivity index (χ4n) is 1.52. The van der Waals surface area contributed by atoms with Crippen molar-refractivity contribution in [2.75, 3.05) is 12.8 Å². The van der Waals surface area contributed by atoms with Crippen molar-refractivity contribution >= 4 is 23.4 Å². The molecule has 1 rings (SSSR count). The summed E-state index contributed by atoms with van der Waals surface area (Å²) >= 11 is 1.29. The normalized spacial score (nSPS) is 12.1. The summed E-state index contributed by atoms with van der Waals surface area (Å²) in [5.74, 6) is -0.109. The lowest BCUT2D eigenvalue weighted by atomic mass is 10.2. The third-order valence-corrected chi connectivity index (χ3v) is 3.91. The number of rotatable bonds is 7. The van der Waals surface area contributed by atoms with Crippen molar-refractivity contribution in [3.05, 3.63) is 18.2 Å². The number of hydrogen-bond donors (Lipinski definition) is 2. The molecule has 1 atom stereocenters. The molecule has 1 unspecified atom stereocenters. The molecule has 0 spiro atoms. The van der Waals surface area contributed by atoms with Gasteiger partial charge in [0, 0.05) is 10.6 Å². The van der Waals surface area contributed by atoms with E-state index in [1.165, 1.54) is 11.8 Å². The maximum atomic E-state index is 11.2. The Morgan fingerprint density at radius 3 is 2.83 bits per heavy atom. The minimum Gasteiger partial charge on any atom is -0.497 e. The summed E-state index contributed by atoms with van der Waals surface area (Å²) < 4.78 is 5.12. The van der Waals surface area contributed by atoms with E-state index in [1.807, 2.05) is 6.92 Å². The Hall–Kier alpha value is -1.36. The number of benzene rings is 1. The highest BCUT2D eigenvalue weighted by Crippen LogP contribution is 2.34. The summed E-state index contributed by atoms with van der Waals surface area (Å²) in [7, 11) is 1.58. The summed E-state index contributed by atoms with van der Waals surface area (Å²) in [6, 6.07) is 5.28. The van der Waals surface area contributed by atoms with Gasteiger partial charge in [-0.3, -0.25) is 4.79 Å². The number of carboxylic acids is 1. The van der Waals surface area contributed by atoms with Crippen LogP contribution in [0, 0.1) is 0 Å². The summed E-state index contributed by atoms with van der Waals surface area (Å²) in [6.45, 7) is 2.05. The lowest BCUT2D eigenvalue weighted by Crippen LogP contribution is -2.16. The van der Waals surface area contributed by atoms with E-state index >= 15 is 0 Å². The Bertz CT molecular complexity index is 409. The Morgan fingerprint density at radius 2 is 2.28 bits per heavy atom. The van der Waals surface area contributed by atoms with E-state index in [0.717, 1.165) is 17.7 Å². The molecule has 3 N–H and O–H groups in total. The van der Waals surface area contributed by atoms with Gasteiger partial charge in [0.15, 0.2) is 0 Å². The van der Waals surface area contributed by atoms with Crippen LogP contribution in [0.4, 0.5) is 5.69 Å². The first-order chi connectivity index (χ1) is 8.58. The van der Waals surface area contributed by atoms with E-state index in [1.54, 1.807) is 25.3 Å². The van der Waals surface area contributed by atoms with Crippen LogP contribution in [-0.2, 0) is 4.79 Å². The zero-order chi connectivity index (χ0) is 13.5. The van der Waals surface area contributed by atoms with E-state index in [0.29, 0.717) is 17.9 Å². The van der Waals surface area contributed by atoms with E-state index in [9.17, 15) is 9.90 Å². The predicted molar refractivity (Wildman–Crippen MR) is 74.2 cm³/mol. The largest absolute Gasteiger partial charge is 0.497 e. The molecule has 0 aliphatic heterocycles. The van der Waals surface area contributed by atoms with Crippen molar-refractivity contribution in [2.24, 2.45) is 0 Å². The Kier molecular flexibility index (Phi) is 5.85. The van der Waals surface area contributed by atoms with Gasteiger partial charge in [-0.2, -0.15) is 0 Å². The van der Waals surface area contributed by atoms with Crippen LogP contribution in [0.25, 0.3) is 0 Å². The number of nitrogens with two attached hydrogens (primary N) is 1. The van der Waals surface area contributed by atoms with Gasteiger partial charge in [-0.25, -0.2) is 0 Å². The maximum absolute atomic E-state index is 11.2. The summed E-state index contributed by atoms with van der Waals surface area (Å²) in [5, 5.41) is 8.73. The lowest BCUT2D eigenvalue weighted by molar-refractivity contribution is -0.136. The number of aliphatic carboxylic acids is 1. The monoisotopic (exact) mass is 269 g/mol. The first-order valence-electron chi connectivity index (χ1n) is 5.91. The van der Waals surface area contributed by atoms with Crippen LogP contribution in [0.2, 0.25) is 0 Å². The zero-order valence-electron chi connectivity index (χ0n) is 10.7. The zero-order valence-corrected chi connectivity index (χ0v) is 11.5. The SMILES string of the molecule is CCCCC(Sc1cc(OC)ccc1N)C(=O)O. The molecule has 0 fully saturated rings. The van der Waals surface area contributed by atoms with Gasteiger partial charge in [-0.1, -0.05) is 19.8 Å². The Morgan fingerprint density at radius 1 is 1.56 bits per heavy atom. The van der Waals surface area contributed by atoms with Gasteiger partial charge < -0.3 is 15.6 Å². The van der Waals surface area contributed by atoms with Crippen molar-refractivity contribution in [2.45, 2.75) is 36.3 Å². The molecule has 1 aromatic rings. The van der Waals surface area contributed by atoms with Crippen LogP contribution in [-0.4, -0.2) is 23.4 Å². The molecule has 18 heavy (non-hydrogen) atoms. The molecule has 0 radical (unpaired) electrons. The minimum absolute atomic E-state index is 0.459. The number of nitrogen functional groups attached to an aromatic ring is 1. The summed E-state index contributed by atoms with van der Waals surface area (Å²) in [4.78, 5) is 11.9. The molecule has 0 aliphatic rings. The number of carboxylic acid groups (broad SMARTS) is 1. The highest BCUT2D eigenvalue weighted by Gasteiger charge is 2.19. The van der Waals surface area contributed by atoms with Crippen molar-refractivity contribution in [1.29, 1.82) is 0 Å². The molecule has 0 heterocycles. The quantitative estimate of drug-likeness (QED) is 0.588. The molecule has 0 amide bonds. The van der Waals surface area contributed by atoms with Gasteiger partial charge in [0.2, 0.25) is 0 Å². The molecule has 5 heteroatoms. The van der Waals surface area contributed by atoms with Crippen LogP contribution < -0.4 is 10.5 Å².